The Labute approximate surface area is 157 Å². The number of benzene rings is 2. The van der Waals surface area contributed by atoms with Gasteiger partial charge >= 0.3 is 0 Å². The summed E-state index contributed by atoms with van der Waals surface area (Å²) in [6.45, 7) is 0.00649. The molecule has 28 heavy (non-hydrogen) atoms. The second-order valence-electron chi connectivity index (χ2n) is 5.89. The third kappa shape index (κ3) is 4.26. The predicted octanol–water partition coefficient (Wildman–Crippen LogP) is 3.34. The van der Waals surface area contributed by atoms with E-state index in [0.29, 0.717) is 11.6 Å². The van der Waals surface area contributed by atoms with Gasteiger partial charge in [-0.25, -0.2) is 8.78 Å². The van der Waals surface area contributed by atoms with E-state index in [9.17, 15) is 28.5 Å². The highest BCUT2D eigenvalue weighted by Crippen LogP contribution is 2.17. The maximum Gasteiger partial charge on any atom is 0.269 e. The van der Waals surface area contributed by atoms with E-state index in [-0.39, 0.29) is 23.5 Å². The van der Waals surface area contributed by atoms with Crippen molar-refractivity contribution in [1.29, 1.82) is 0 Å². The van der Waals surface area contributed by atoms with Crippen molar-refractivity contribution in [2.75, 3.05) is 5.32 Å². The molecule has 1 heterocycles. The average molecular weight is 385 g/mol. The van der Waals surface area contributed by atoms with Gasteiger partial charge in [0.25, 0.3) is 17.2 Å². The number of hydrogen-bond acceptors (Lipinski definition) is 4. The van der Waals surface area contributed by atoms with E-state index in [1.807, 2.05) is 0 Å². The summed E-state index contributed by atoms with van der Waals surface area (Å²) in [5.74, 6) is -2.41. The van der Waals surface area contributed by atoms with Gasteiger partial charge in [0.05, 0.1) is 22.7 Å². The summed E-state index contributed by atoms with van der Waals surface area (Å²) in [7, 11) is 0. The Morgan fingerprint density at radius 1 is 1.11 bits per heavy atom. The van der Waals surface area contributed by atoms with E-state index in [1.54, 1.807) is 6.07 Å². The van der Waals surface area contributed by atoms with Crippen molar-refractivity contribution in [1.82, 2.24) is 4.57 Å². The molecule has 3 aromatic rings. The lowest BCUT2D eigenvalue weighted by Crippen LogP contribution is -2.22. The highest BCUT2D eigenvalue weighted by Gasteiger charge is 2.12. The minimum absolute atomic E-state index is 0.00649. The summed E-state index contributed by atoms with van der Waals surface area (Å²) in [5, 5.41) is 13.2. The predicted molar refractivity (Wildman–Crippen MR) is 97.2 cm³/mol. The van der Waals surface area contributed by atoms with Gasteiger partial charge in [-0.15, -0.1) is 0 Å². The van der Waals surface area contributed by atoms with Gasteiger partial charge in [0.15, 0.2) is 0 Å². The van der Waals surface area contributed by atoms with Crippen molar-refractivity contribution in [3.63, 3.8) is 0 Å². The monoisotopic (exact) mass is 385 g/mol. The first-order chi connectivity index (χ1) is 13.3. The van der Waals surface area contributed by atoms with E-state index >= 15 is 0 Å². The number of nitrogens with one attached hydrogen (secondary N) is 1. The lowest BCUT2D eigenvalue weighted by Gasteiger charge is -2.10. The molecule has 0 unspecified atom stereocenters. The molecular formula is C19H13F2N3O4. The number of carbonyl (C=O) groups is 1. The fourth-order valence-corrected chi connectivity index (χ4v) is 2.54. The minimum atomic E-state index is -0.932. The van der Waals surface area contributed by atoms with Crippen LogP contribution in [0.3, 0.4) is 0 Å². The second-order valence-corrected chi connectivity index (χ2v) is 5.89. The van der Waals surface area contributed by atoms with Crippen LogP contribution < -0.4 is 10.9 Å². The van der Waals surface area contributed by atoms with Crippen LogP contribution in [0.15, 0.2) is 65.6 Å². The molecule has 1 N–H and O–H groups in total. The SMILES string of the molecule is O=C(Nc1ccc(F)cc1F)c1ccc(=O)n(Cc2cccc([N+](=O)[O-])c2)c1. The zero-order chi connectivity index (χ0) is 20.3. The van der Waals surface area contributed by atoms with Crippen LogP contribution in [0, 0.1) is 21.7 Å². The highest BCUT2D eigenvalue weighted by molar-refractivity contribution is 6.04. The molecule has 0 aliphatic heterocycles. The van der Waals surface area contributed by atoms with E-state index in [1.165, 1.54) is 35.0 Å². The van der Waals surface area contributed by atoms with E-state index < -0.39 is 28.0 Å². The van der Waals surface area contributed by atoms with Crippen molar-refractivity contribution >= 4 is 17.3 Å². The average Bonchev–Trinajstić information content (AvgIpc) is 2.66. The van der Waals surface area contributed by atoms with Gasteiger partial charge in [0, 0.05) is 30.5 Å². The van der Waals surface area contributed by atoms with Gasteiger partial charge in [-0.2, -0.15) is 0 Å². The summed E-state index contributed by atoms with van der Waals surface area (Å²) < 4.78 is 27.9. The van der Waals surface area contributed by atoms with E-state index in [4.69, 9.17) is 0 Å². The molecule has 2 aromatic carbocycles. The molecule has 0 spiro atoms. The number of carbonyl (C=O) groups excluding carboxylic acids is 1. The Morgan fingerprint density at radius 3 is 2.61 bits per heavy atom. The number of nitro benzene ring substituents is 1. The summed E-state index contributed by atoms with van der Waals surface area (Å²) in [6, 6.07) is 10.9. The third-order valence-corrected chi connectivity index (χ3v) is 3.90. The van der Waals surface area contributed by atoms with Gasteiger partial charge in [-0.3, -0.25) is 19.7 Å². The lowest BCUT2D eigenvalue weighted by atomic mass is 10.2. The lowest BCUT2D eigenvalue weighted by molar-refractivity contribution is -0.384. The first kappa shape index (κ1) is 18.9. The van der Waals surface area contributed by atoms with Gasteiger partial charge in [0.1, 0.15) is 11.6 Å². The number of rotatable bonds is 5. The molecule has 0 atom stereocenters. The molecule has 0 fully saturated rings. The zero-order valence-corrected chi connectivity index (χ0v) is 14.3. The molecule has 1 aromatic heterocycles. The smallest absolute Gasteiger partial charge is 0.269 e. The van der Waals surface area contributed by atoms with Crippen LogP contribution >= 0.6 is 0 Å². The summed E-state index contributed by atoms with van der Waals surface area (Å²) >= 11 is 0. The zero-order valence-electron chi connectivity index (χ0n) is 14.3. The number of aromatic nitrogens is 1. The molecule has 7 nitrogen and oxygen atoms in total. The van der Waals surface area contributed by atoms with Gasteiger partial charge in [-0.05, 0) is 23.8 Å². The third-order valence-electron chi connectivity index (χ3n) is 3.90. The molecular weight excluding hydrogens is 372 g/mol. The van der Waals surface area contributed by atoms with Crippen molar-refractivity contribution in [3.8, 4) is 0 Å². The van der Waals surface area contributed by atoms with Crippen molar-refractivity contribution in [3.05, 3.63) is 104 Å². The molecule has 0 saturated carbocycles. The molecule has 0 bridgehead atoms. The standard InChI is InChI=1S/C19H13F2N3O4/c20-14-5-6-17(16(21)9-14)22-19(26)13-4-7-18(25)23(11-13)10-12-2-1-3-15(8-12)24(27)28/h1-9,11H,10H2,(H,22,26). The van der Waals surface area contributed by atoms with Crippen LogP contribution in [-0.4, -0.2) is 15.4 Å². The number of amides is 1. The van der Waals surface area contributed by atoms with Crippen LogP contribution in [0.5, 0.6) is 0 Å². The van der Waals surface area contributed by atoms with Gasteiger partial charge in [0.2, 0.25) is 0 Å². The van der Waals surface area contributed by atoms with Crippen LogP contribution in [0.1, 0.15) is 15.9 Å². The molecule has 0 saturated heterocycles. The maximum atomic E-state index is 13.7. The number of pyridine rings is 1. The normalized spacial score (nSPS) is 10.5. The van der Waals surface area contributed by atoms with E-state index in [2.05, 4.69) is 5.32 Å². The largest absolute Gasteiger partial charge is 0.319 e. The molecule has 0 radical (unpaired) electrons. The number of anilines is 1. The van der Waals surface area contributed by atoms with Crippen LogP contribution in [-0.2, 0) is 6.54 Å². The van der Waals surface area contributed by atoms with Gasteiger partial charge in [-0.1, -0.05) is 12.1 Å². The fraction of sp³-hybridized carbons (Fsp3) is 0.0526. The summed E-state index contributed by atoms with van der Waals surface area (Å²) in [4.78, 5) is 34.7. The number of hydrogen-bond donors (Lipinski definition) is 1. The number of non-ortho nitro benzene ring substituents is 1. The molecule has 1 amide bonds. The Balaban J connectivity index is 1.84. The van der Waals surface area contributed by atoms with Crippen LogP contribution in [0.4, 0.5) is 20.2 Å². The summed E-state index contributed by atoms with van der Waals surface area (Å²) in [5.41, 5.74) is -0.183. The molecule has 0 aliphatic rings. The van der Waals surface area contributed by atoms with Crippen molar-refractivity contribution < 1.29 is 18.5 Å². The summed E-state index contributed by atoms with van der Waals surface area (Å²) in [6.07, 6.45) is 1.26. The molecule has 0 aliphatic carbocycles. The van der Waals surface area contributed by atoms with Gasteiger partial charge < -0.3 is 9.88 Å². The van der Waals surface area contributed by atoms with E-state index in [0.717, 1.165) is 18.2 Å². The second kappa shape index (κ2) is 7.78. The van der Waals surface area contributed by atoms with Crippen molar-refractivity contribution in [2.45, 2.75) is 6.54 Å². The fourth-order valence-electron chi connectivity index (χ4n) is 2.54. The first-order valence-corrected chi connectivity index (χ1v) is 8.04. The number of halogens is 2. The Kier molecular flexibility index (Phi) is 5.25. The quantitative estimate of drug-likeness (QED) is 0.538. The first-order valence-electron chi connectivity index (χ1n) is 8.04. The molecule has 142 valence electrons. The van der Waals surface area contributed by atoms with Crippen molar-refractivity contribution in [2.24, 2.45) is 0 Å². The molecule has 9 heteroatoms. The Bertz CT molecular complexity index is 1130. The van der Waals surface area contributed by atoms with Crippen LogP contribution in [0.25, 0.3) is 0 Å². The number of nitro groups is 1. The topological polar surface area (TPSA) is 94.2 Å². The van der Waals surface area contributed by atoms with Crippen LogP contribution in [0.2, 0.25) is 0 Å². The number of nitrogens with zero attached hydrogens (tertiary/aromatic N) is 2. The minimum Gasteiger partial charge on any atom is -0.319 e. The Morgan fingerprint density at radius 2 is 1.89 bits per heavy atom. The maximum absolute atomic E-state index is 13.7. The highest BCUT2D eigenvalue weighted by atomic mass is 19.1. The molecule has 3 rings (SSSR count). The Hall–Kier alpha value is -3.88.